The van der Waals surface area contributed by atoms with E-state index < -0.39 is 0 Å². The molecule has 1 aromatic carbocycles. The normalized spacial score (nSPS) is 14.0. The first-order chi connectivity index (χ1) is 11.2. The fourth-order valence-corrected chi connectivity index (χ4v) is 2.58. The number of rotatable bonds is 4. The van der Waals surface area contributed by atoms with E-state index in [4.69, 9.17) is 11.6 Å². The van der Waals surface area contributed by atoms with Gasteiger partial charge in [0.05, 0.1) is 5.39 Å². The number of halogens is 1. The van der Waals surface area contributed by atoms with Crippen LogP contribution in [-0.4, -0.2) is 20.9 Å². The smallest absolute Gasteiger partial charge is 0.227 e. The Morgan fingerprint density at radius 3 is 2.87 bits per heavy atom. The standard InChI is InChI=1S/C16H14ClN5O/c17-16-21-13-12(6-7-18-13)14(22-16)19-10-2-1-3-11(8-10)20-15(23)9-4-5-9/h1-3,6-9H,4-5H2,(H,20,23)(H2,18,19,21,22). The SMILES string of the molecule is O=C(Nc1cccc(Nc2nc(Cl)nc3[nH]ccc23)c1)C1CC1. The summed E-state index contributed by atoms with van der Waals surface area (Å²) in [6.07, 6.45) is 3.75. The Morgan fingerprint density at radius 1 is 1.22 bits per heavy atom. The lowest BCUT2D eigenvalue weighted by Crippen LogP contribution is -2.13. The van der Waals surface area contributed by atoms with Crippen molar-refractivity contribution in [3.8, 4) is 0 Å². The number of carbonyl (C=O) groups excluding carboxylic acids is 1. The molecule has 3 aromatic rings. The Hall–Kier alpha value is -2.60. The van der Waals surface area contributed by atoms with Crippen LogP contribution in [-0.2, 0) is 4.79 Å². The van der Waals surface area contributed by atoms with Crippen molar-refractivity contribution in [2.24, 2.45) is 5.92 Å². The number of anilines is 3. The van der Waals surface area contributed by atoms with Gasteiger partial charge in [0.1, 0.15) is 11.5 Å². The zero-order valence-corrected chi connectivity index (χ0v) is 12.9. The van der Waals surface area contributed by atoms with E-state index in [0.29, 0.717) is 11.5 Å². The summed E-state index contributed by atoms with van der Waals surface area (Å²) in [6, 6.07) is 9.40. The third kappa shape index (κ3) is 2.98. The van der Waals surface area contributed by atoms with Crippen LogP contribution in [0.4, 0.5) is 17.2 Å². The molecule has 0 radical (unpaired) electrons. The highest BCUT2D eigenvalue weighted by Crippen LogP contribution is 2.31. The molecule has 1 saturated carbocycles. The molecule has 116 valence electrons. The monoisotopic (exact) mass is 327 g/mol. The van der Waals surface area contributed by atoms with Gasteiger partial charge < -0.3 is 15.6 Å². The van der Waals surface area contributed by atoms with Crippen LogP contribution in [0, 0.1) is 5.92 Å². The Balaban J connectivity index is 1.60. The quantitative estimate of drug-likeness (QED) is 0.638. The summed E-state index contributed by atoms with van der Waals surface area (Å²) in [5.74, 6) is 0.874. The number of nitrogens with one attached hydrogen (secondary N) is 3. The van der Waals surface area contributed by atoms with Crippen molar-refractivity contribution >= 4 is 45.7 Å². The molecule has 1 amide bonds. The van der Waals surface area contributed by atoms with Crippen molar-refractivity contribution in [3.05, 3.63) is 41.8 Å². The lowest BCUT2D eigenvalue weighted by Gasteiger charge is -2.10. The van der Waals surface area contributed by atoms with E-state index in [9.17, 15) is 4.79 Å². The van der Waals surface area contributed by atoms with Gasteiger partial charge in [-0.15, -0.1) is 0 Å². The van der Waals surface area contributed by atoms with Crippen LogP contribution >= 0.6 is 11.6 Å². The Kier molecular flexibility index (Phi) is 3.38. The summed E-state index contributed by atoms with van der Waals surface area (Å²) >= 11 is 5.95. The highest BCUT2D eigenvalue weighted by molar-refractivity contribution is 6.28. The van der Waals surface area contributed by atoms with Crippen LogP contribution in [0.3, 0.4) is 0 Å². The zero-order chi connectivity index (χ0) is 15.8. The molecule has 0 spiro atoms. The van der Waals surface area contributed by atoms with Gasteiger partial charge in [0.2, 0.25) is 11.2 Å². The number of amides is 1. The topological polar surface area (TPSA) is 82.7 Å². The van der Waals surface area contributed by atoms with E-state index in [1.165, 1.54) is 0 Å². The van der Waals surface area contributed by atoms with Crippen molar-refractivity contribution in [2.75, 3.05) is 10.6 Å². The van der Waals surface area contributed by atoms with Gasteiger partial charge in [0.25, 0.3) is 0 Å². The van der Waals surface area contributed by atoms with Crippen molar-refractivity contribution in [1.82, 2.24) is 15.0 Å². The van der Waals surface area contributed by atoms with Crippen LogP contribution in [0.5, 0.6) is 0 Å². The maximum atomic E-state index is 11.9. The summed E-state index contributed by atoms with van der Waals surface area (Å²) in [6.45, 7) is 0. The number of H-pyrrole nitrogens is 1. The molecule has 1 aliphatic rings. The van der Waals surface area contributed by atoms with Crippen LogP contribution in [0.1, 0.15) is 12.8 Å². The van der Waals surface area contributed by atoms with Crippen LogP contribution < -0.4 is 10.6 Å². The van der Waals surface area contributed by atoms with E-state index in [1.54, 1.807) is 6.20 Å². The second-order valence-electron chi connectivity index (χ2n) is 5.55. The predicted octanol–water partition coefficient (Wildman–Crippen LogP) is 3.70. The highest BCUT2D eigenvalue weighted by atomic mass is 35.5. The van der Waals surface area contributed by atoms with Gasteiger partial charge in [-0.05, 0) is 48.7 Å². The van der Waals surface area contributed by atoms with E-state index >= 15 is 0 Å². The van der Waals surface area contributed by atoms with Crippen molar-refractivity contribution in [2.45, 2.75) is 12.8 Å². The minimum absolute atomic E-state index is 0.0836. The molecule has 0 unspecified atom stereocenters. The molecule has 0 bridgehead atoms. The molecule has 2 aromatic heterocycles. The predicted molar refractivity (Wildman–Crippen MR) is 90.0 cm³/mol. The number of carbonyl (C=O) groups is 1. The lowest BCUT2D eigenvalue weighted by atomic mass is 10.2. The number of benzene rings is 1. The fraction of sp³-hybridized carbons (Fsp3) is 0.188. The Morgan fingerprint density at radius 2 is 2.04 bits per heavy atom. The molecular weight excluding hydrogens is 314 g/mol. The number of hydrogen-bond donors (Lipinski definition) is 3. The number of fused-ring (bicyclic) bond motifs is 1. The highest BCUT2D eigenvalue weighted by Gasteiger charge is 2.29. The molecule has 6 nitrogen and oxygen atoms in total. The zero-order valence-electron chi connectivity index (χ0n) is 12.1. The molecule has 2 heterocycles. The fourth-order valence-electron chi connectivity index (χ4n) is 2.41. The molecule has 0 saturated heterocycles. The number of hydrogen-bond acceptors (Lipinski definition) is 4. The molecule has 3 N–H and O–H groups in total. The molecular formula is C16H14ClN5O. The molecule has 1 fully saturated rings. The van der Waals surface area contributed by atoms with Gasteiger partial charge in [0, 0.05) is 23.5 Å². The van der Waals surface area contributed by atoms with E-state index in [2.05, 4.69) is 25.6 Å². The van der Waals surface area contributed by atoms with Crippen molar-refractivity contribution in [3.63, 3.8) is 0 Å². The minimum Gasteiger partial charge on any atom is -0.346 e. The van der Waals surface area contributed by atoms with Gasteiger partial charge >= 0.3 is 0 Å². The third-order valence-electron chi connectivity index (χ3n) is 3.73. The largest absolute Gasteiger partial charge is 0.346 e. The van der Waals surface area contributed by atoms with Gasteiger partial charge in [-0.2, -0.15) is 9.97 Å². The van der Waals surface area contributed by atoms with Gasteiger partial charge in [0.15, 0.2) is 0 Å². The second kappa shape index (κ2) is 5.55. The van der Waals surface area contributed by atoms with Gasteiger partial charge in [-0.25, -0.2) is 0 Å². The first-order valence-corrected chi connectivity index (χ1v) is 7.75. The maximum absolute atomic E-state index is 11.9. The number of nitrogens with zero attached hydrogens (tertiary/aromatic N) is 2. The summed E-state index contributed by atoms with van der Waals surface area (Å²) in [7, 11) is 0. The van der Waals surface area contributed by atoms with Crippen LogP contribution in [0.15, 0.2) is 36.5 Å². The molecule has 23 heavy (non-hydrogen) atoms. The average Bonchev–Trinajstić information content (AvgIpc) is 3.27. The maximum Gasteiger partial charge on any atom is 0.227 e. The van der Waals surface area contributed by atoms with Gasteiger partial charge in [-0.3, -0.25) is 4.79 Å². The lowest BCUT2D eigenvalue weighted by molar-refractivity contribution is -0.117. The summed E-state index contributed by atoms with van der Waals surface area (Å²) < 4.78 is 0. The van der Waals surface area contributed by atoms with Crippen LogP contribution in [0.25, 0.3) is 11.0 Å². The Bertz CT molecular complexity index is 887. The molecule has 0 aliphatic heterocycles. The summed E-state index contributed by atoms with van der Waals surface area (Å²) in [5.41, 5.74) is 2.25. The molecule has 7 heteroatoms. The molecule has 0 atom stereocenters. The van der Waals surface area contributed by atoms with E-state index in [-0.39, 0.29) is 17.1 Å². The third-order valence-corrected chi connectivity index (χ3v) is 3.90. The molecule has 4 rings (SSSR count). The number of aromatic nitrogens is 3. The van der Waals surface area contributed by atoms with E-state index in [0.717, 1.165) is 29.6 Å². The first-order valence-electron chi connectivity index (χ1n) is 7.37. The van der Waals surface area contributed by atoms with Crippen molar-refractivity contribution in [1.29, 1.82) is 0 Å². The van der Waals surface area contributed by atoms with E-state index in [1.807, 2.05) is 30.3 Å². The summed E-state index contributed by atoms with van der Waals surface area (Å²) in [4.78, 5) is 23.2. The summed E-state index contributed by atoms with van der Waals surface area (Å²) in [5, 5.41) is 7.17. The van der Waals surface area contributed by atoms with Crippen molar-refractivity contribution < 1.29 is 4.79 Å². The minimum atomic E-state index is 0.0836. The van der Waals surface area contributed by atoms with Crippen LogP contribution in [0.2, 0.25) is 5.28 Å². The van der Waals surface area contributed by atoms with Gasteiger partial charge in [-0.1, -0.05) is 6.07 Å². The first kappa shape index (κ1) is 14.0. The molecule has 1 aliphatic carbocycles. The Labute approximate surface area is 137 Å². The number of aromatic amines is 1. The second-order valence-corrected chi connectivity index (χ2v) is 5.89. The average molecular weight is 328 g/mol.